The third-order valence-corrected chi connectivity index (χ3v) is 5.09. The number of rotatable bonds is 6. The topological polar surface area (TPSA) is 93.9 Å². The number of carbonyl (C=O) groups excluding carboxylic acids is 2. The van der Waals surface area contributed by atoms with Crippen LogP contribution < -0.4 is 20.7 Å². The smallest absolute Gasteiger partial charge is 0.290 e. The van der Waals surface area contributed by atoms with Crippen LogP contribution in [0.4, 0.5) is 10.5 Å². The number of hydrogen-bond donors (Lipinski definition) is 2. The van der Waals surface area contributed by atoms with E-state index in [9.17, 15) is 9.59 Å². The van der Waals surface area contributed by atoms with Crippen molar-refractivity contribution in [1.82, 2.24) is 5.32 Å². The van der Waals surface area contributed by atoms with E-state index in [1.54, 1.807) is 13.2 Å². The van der Waals surface area contributed by atoms with Gasteiger partial charge in [-0.05, 0) is 36.7 Å². The predicted molar refractivity (Wildman–Crippen MR) is 110 cm³/mol. The molecule has 0 unspecified atom stereocenters. The molecule has 0 bridgehead atoms. The van der Waals surface area contributed by atoms with E-state index in [1.165, 1.54) is 0 Å². The zero-order chi connectivity index (χ0) is 18.5. The molecule has 27 heavy (non-hydrogen) atoms. The number of thioether (sulfide) groups is 1. The standard InChI is InChI=1S/C18H23N3O4S.ClH/c1-24-8-9-25-14-6-2-4-12(10-15-17(22)20-18(23)26-15)16(14)21-7-3-5-13(19)11-21;/h2,4,6,10,13H,3,5,7-9,11,19H2,1H3,(H,20,22,23);1H/t13-;/m1./s1. The highest BCUT2D eigenvalue weighted by Gasteiger charge is 2.27. The predicted octanol–water partition coefficient (Wildman–Crippen LogP) is 2.39. The maximum Gasteiger partial charge on any atom is 0.290 e. The molecule has 1 aromatic carbocycles. The number of ether oxygens (including phenoxy) is 2. The molecule has 1 atom stereocenters. The van der Waals surface area contributed by atoms with Crippen molar-refractivity contribution >= 4 is 47.1 Å². The fraction of sp³-hybridized carbons (Fsp3) is 0.444. The second-order valence-electron chi connectivity index (χ2n) is 6.24. The van der Waals surface area contributed by atoms with E-state index in [2.05, 4.69) is 10.2 Å². The van der Waals surface area contributed by atoms with Gasteiger partial charge in [-0.15, -0.1) is 12.4 Å². The molecule has 3 rings (SSSR count). The molecule has 0 aromatic heterocycles. The summed E-state index contributed by atoms with van der Waals surface area (Å²) in [6, 6.07) is 5.80. The lowest BCUT2D eigenvalue weighted by atomic mass is 10.0. The summed E-state index contributed by atoms with van der Waals surface area (Å²) in [5, 5.41) is 1.93. The zero-order valence-electron chi connectivity index (χ0n) is 15.1. The number of methoxy groups -OCH3 is 1. The van der Waals surface area contributed by atoms with Crippen LogP contribution in [0, 0.1) is 0 Å². The lowest BCUT2D eigenvalue weighted by Gasteiger charge is -2.34. The number of nitrogens with two attached hydrogens (primary N) is 1. The van der Waals surface area contributed by atoms with Crippen molar-refractivity contribution in [3.8, 4) is 5.75 Å². The Hall–Kier alpha value is -1.74. The number of piperidine rings is 1. The summed E-state index contributed by atoms with van der Waals surface area (Å²) < 4.78 is 11.0. The van der Waals surface area contributed by atoms with Crippen molar-refractivity contribution in [2.24, 2.45) is 5.73 Å². The van der Waals surface area contributed by atoms with Crippen molar-refractivity contribution < 1.29 is 19.1 Å². The average molecular weight is 414 g/mol. The minimum absolute atomic E-state index is 0. The third-order valence-electron chi connectivity index (χ3n) is 4.28. The lowest BCUT2D eigenvalue weighted by molar-refractivity contribution is -0.115. The molecule has 3 N–H and O–H groups in total. The van der Waals surface area contributed by atoms with Gasteiger partial charge < -0.3 is 20.1 Å². The molecular formula is C18H24ClN3O4S. The second-order valence-corrected chi connectivity index (χ2v) is 7.25. The van der Waals surface area contributed by atoms with E-state index in [4.69, 9.17) is 15.2 Å². The van der Waals surface area contributed by atoms with E-state index < -0.39 is 0 Å². The van der Waals surface area contributed by atoms with Gasteiger partial charge in [0, 0.05) is 31.8 Å². The number of carbonyl (C=O) groups is 2. The number of amides is 2. The Morgan fingerprint density at radius 2 is 2.19 bits per heavy atom. The van der Waals surface area contributed by atoms with Crippen LogP contribution >= 0.6 is 24.2 Å². The molecule has 9 heteroatoms. The number of halogens is 1. The van der Waals surface area contributed by atoms with Crippen molar-refractivity contribution in [3.05, 3.63) is 28.7 Å². The number of anilines is 1. The van der Waals surface area contributed by atoms with E-state index in [0.717, 1.165) is 54.7 Å². The number of para-hydroxylation sites is 1. The number of benzene rings is 1. The number of nitrogens with one attached hydrogen (secondary N) is 1. The molecule has 1 aromatic rings. The van der Waals surface area contributed by atoms with Gasteiger partial charge in [-0.2, -0.15) is 0 Å². The van der Waals surface area contributed by atoms with Crippen molar-refractivity contribution in [1.29, 1.82) is 0 Å². The van der Waals surface area contributed by atoms with Gasteiger partial charge in [-0.1, -0.05) is 12.1 Å². The van der Waals surface area contributed by atoms with E-state index in [-0.39, 0.29) is 29.6 Å². The first-order valence-electron chi connectivity index (χ1n) is 8.58. The molecule has 2 aliphatic heterocycles. The van der Waals surface area contributed by atoms with E-state index >= 15 is 0 Å². The van der Waals surface area contributed by atoms with Crippen LogP contribution in [0.3, 0.4) is 0 Å². The summed E-state index contributed by atoms with van der Waals surface area (Å²) >= 11 is 0.909. The summed E-state index contributed by atoms with van der Waals surface area (Å²) in [5.41, 5.74) is 7.89. The first-order chi connectivity index (χ1) is 12.6. The maximum atomic E-state index is 11.9. The van der Waals surface area contributed by atoms with Crippen molar-refractivity contribution in [2.45, 2.75) is 18.9 Å². The number of hydrogen-bond acceptors (Lipinski definition) is 7. The summed E-state index contributed by atoms with van der Waals surface area (Å²) in [6.45, 7) is 2.50. The molecule has 2 fully saturated rings. The van der Waals surface area contributed by atoms with Crippen LogP contribution in [0.5, 0.6) is 5.75 Å². The van der Waals surface area contributed by atoms with Crippen molar-refractivity contribution in [3.63, 3.8) is 0 Å². The SMILES string of the molecule is COCCOc1cccc(C=C2SC(=O)NC2=O)c1N1CCC[C@@H](N)C1.Cl. The Balaban J connectivity index is 0.00000261. The minimum Gasteiger partial charge on any atom is -0.489 e. The average Bonchev–Trinajstić information content (AvgIpc) is 2.92. The normalized spacial score (nSPS) is 21.2. The third kappa shape index (κ3) is 5.38. The second kappa shape index (κ2) is 9.98. The van der Waals surface area contributed by atoms with Gasteiger partial charge in [0.25, 0.3) is 11.1 Å². The summed E-state index contributed by atoms with van der Waals surface area (Å²) in [7, 11) is 1.63. The van der Waals surface area contributed by atoms with Gasteiger partial charge in [0.05, 0.1) is 17.2 Å². The number of imide groups is 1. The minimum atomic E-state index is -0.369. The van der Waals surface area contributed by atoms with Gasteiger partial charge in [0.2, 0.25) is 0 Å². The molecule has 148 valence electrons. The molecule has 2 amide bonds. The molecule has 2 aliphatic rings. The maximum absolute atomic E-state index is 11.9. The monoisotopic (exact) mass is 413 g/mol. The Bertz CT molecular complexity index is 729. The molecule has 2 saturated heterocycles. The van der Waals surface area contributed by atoms with Crippen LogP contribution in [0.15, 0.2) is 23.1 Å². The van der Waals surface area contributed by atoms with Crippen LogP contribution in [0.25, 0.3) is 6.08 Å². The Kier molecular flexibility index (Phi) is 7.97. The Morgan fingerprint density at radius 3 is 2.85 bits per heavy atom. The first kappa shape index (κ1) is 21.6. The highest BCUT2D eigenvalue weighted by Crippen LogP contribution is 2.37. The first-order valence-corrected chi connectivity index (χ1v) is 9.40. The van der Waals surface area contributed by atoms with Gasteiger partial charge in [0.1, 0.15) is 12.4 Å². The highest BCUT2D eigenvalue weighted by molar-refractivity contribution is 8.18. The fourth-order valence-electron chi connectivity index (χ4n) is 3.12. The van der Waals surface area contributed by atoms with Gasteiger partial charge in [0.15, 0.2) is 0 Å². The highest BCUT2D eigenvalue weighted by atomic mass is 35.5. The molecule has 2 heterocycles. The molecule has 7 nitrogen and oxygen atoms in total. The van der Waals surface area contributed by atoms with Gasteiger partial charge in [-0.25, -0.2) is 0 Å². The zero-order valence-corrected chi connectivity index (χ0v) is 16.7. The van der Waals surface area contributed by atoms with E-state index in [0.29, 0.717) is 18.1 Å². The van der Waals surface area contributed by atoms with Gasteiger partial charge >= 0.3 is 0 Å². The lowest BCUT2D eigenvalue weighted by Crippen LogP contribution is -2.43. The summed E-state index contributed by atoms with van der Waals surface area (Å²) in [6.07, 6.45) is 3.73. The largest absolute Gasteiger partial charge is 0.489 e. The number of nitrogens with zero attached hydrogens (tertiary/aromatic N) is 1. The molecule has 0 saturated carbocycles. The Labute approximate surface area is 169 Å². The summed E-state index contributed by atoms with van der Waals surface area (Å²) in [5.74, 6) is 0.354. The summed E-state index contributed by atoms with van der Waals surface area (Å²) in [4.78, 5) is 25.9. The van der Waals surface area contributed by atoms with Crippen LogP contribution in [-0.4, -0.2) is 50.6 Å². The van der Waals surface area contributed by atoms with Crippen molar-refractivity contribution in [2.75, 3.05) is 38.3 Å². The van der Waals surface area contributed by atoms with Crippen LogP contribution in [0.2, 0.25) is 0 Å². The molecule has 0 radical (unpaired) electrons. The molecular weight excluding hydrogens is 390 g/mol. The molecule has 0 aliphatic carbocycles. The van der Waals surface area contributed by atoms with E-state index in [1.807, 2.05) is 18.2 Å². The van der Waals surface area contributed by atoms with Crippen LogP contribution in [-0.2, 0) is 9.53 Å². The fourth-order valence-corrected chi connectivity index (χ4v) is 3.79. The molecule has 0 spiro atoms. The van der Waals surface area contributed by atoms with Crippen LogP contribution in [0.1, 0.15) is 18.4 Å². The Morgan fingerprint density at radius 1 is 1.37 bits per heavy atom. The quantitative estimate of drug-likeness (QED) is 0.546. The van der Waals surface area contributed by atoms with Gasteiger partial charge in [-0.3, -0.25) is 14.9 Å².